The number of ether oxygens (including phenoxy) is 3. The summed E-state index contributed by atoms with van der Waals surface area (Å²) in [5, 5.41) is 4.41. The zero-order chi connectivity index (χ0) is 14.2. The fourth-order valence-electron chi connectivity index (χ4n) is 2.67. The summed E-state index contributed by atoms with van der Waals surface area (Å²) in [6.45, 7) is 7.89. The van der Waals surface area contributed by atoms with Gasteiger partial charge in [0, 0.05) is 18.7 Å². The van der Waals surface area contributed by atoms with Crippen LogP contribution in [-0.4, -0.2) is 28.6 Å². The molecule has 2 fully saturated rings. The van der Waals surface area contributed by atoms with E-state index >= 15 is 0 Å². The van der Waals surface area contributed by atoms with Crippen molar-refractivity contribution in [3.8, 4) is 0 Å². The molecule has 0 aromatic carbocycles. The Bertz CT molecular complexity index is 452. The Labute approximate surface area is 120 Å². The van der Waals surface area contributed by atoms with E-state index in [1.165, 1.54) is 6.42 Å². The van der Waals surface area contributed by atoms with Gasteiger partial charge in [0.25, 0.3) is 0 Å². The van der Waals surface area contributed by atoms with Crippen molar-refractivity contribution < 1.29 is 14.2 Å². The highest BCUT2D eigenvalue weighted by Gasteiger charge is 2.38. The number of aromatic nitrogens is 2. The van der Waals surface area contributed by atoms with Crippen LogP contribution in [0, 0.1) is 5.92 Å². The van der Waals surface area contributed by atoms with E-state index in [2.05, 4.69) is 25.9 Å². The highest BCUT2D eigenvalue weighted by atomic mass is 16.7. The number of nitrogens with zero attached hydrogens (tertiary/aromatic N) is 2. The van der Waals surface area contributed by atoms with Gasteiger partial charge in [0.2, 0.25) is 6.29 Å². The lowest BCUT2D eigenvalue weighted by molar-refractivity contribution is -0.276. The molecule has 0 radical (unpaired) electrons. The summed E-state index contributed by atoms with van der Waals surface area (Å²) in [4.78, 5) is 0. The summed E-state index contributed by atoms with van der Waals surface area (Å²) in [6, 6.07) is 1.97. The predicted octanol–water partition coefficient (Wildman–Crippen LogP) is 3.04. The second-order valence-corrected chi connectivity index (χ2v) is 6.31. The first-order valence-corrected chi connectivity index (χ1v) is 7.52. The molecule has 5 nitrogen and oxygen atoms in total. The van der Waals surface area contributed by atoms with Gasteiger partial charge in [0.1, 0.15) is 0 Å². The van der Waals surface area contributed by atoms with Crippen LogP contribution >= 0.6 is 0 Å². The second kappa shape index (κ2) is 5.47. The summed E-state index contributed by atoms with van der Waals surface area (Å²) in [5.41, 5.74) is 0.766. The Morgan fingerprint density at radius 1 is 1.30 bits per heavy atom. The SMILES string of the molecule is CC1COC(c2ccnn2C2CCCCO2)OC1(C)C. The van der Waals surface area contributed by atoms with Gasteiger partial charge in [-0.25, -0.2) is 4.68 Å². The van der Waals surface area contributed by atoms with E-state index in [1.54, 1.807) is 6.20 Å². The minimum Gasteiger partial charge on any atom is -0.357 e. The Morgan fingerprint density at radius 2 is 2.15 bits per heavy atom. The maximum absolute atomic E-state index is 6.12. The lowest BCUT2D eigenvalue weighted by Gasteiger charge is -2.41. The number of hydrogen-bond acceptors (Lipinski definition) is 4. The van der Waals surface area contributed by atoms with Crippen LogP contribution in [0.15, 0.2) is 12.3 Å². The lowest BCUT2D eigenvalue weighted by atomic mass is 9.92. The molecule has 0 aliphatic carbocycles. The van der Waals surface area contributed by atoms with Gasteiger partial charge in [-0.1, -0.05) is 6.92 Å². The molecule has 0 N–H and O–H groups in total. The van der Waals surface area contributed by atoms with Crippen molar-refractivity contribution in [2.45, 2.75) is 58.2 Å². The molecular weight excluding hydrogens is 256 g/mol. The predicted molar refractivity (Wildman–Crippen MR) is 74.1 cm³/mol. The first-order chi connectivity index (χ1) is 9.58. The standard InChI is InChI=1S/C15H24N2O3/c1-11-10-19-14(20-15(11,2)3)12-7-8-16-17(12)13-6-4-5-9-18-13/h7-8,11,13-14H,4-6,9-10H2,1-3H3. The van der Waals surface area contributed by atoms with Crippen LogP contribution in [-0.2, 0) is 14.2 Å². The molecular formula is C15H24N2O3. The third-order valence-corrected chi connectivity index (χ3v) is 4.47. The van der Waals surface area contributed by atoms with Gasteiger partial charge in [0.15, 0.2) is 6.23 Å². The minimum absolute atomic E-state index is 0.0170. The third-order valence-electron chi connectivity index (χ3n) is 4.47. The topological polar surface area (TPSA) is 45.5 Å². The van der Waals surface area contributed by atoms with Crippen LogP contribution in [0.2, 0.25) is 0 Å². The zero-order valence-electron chi connectivity index (χ0n) is 12.5. The molecule has 2 aliphatic heterocycles. The van der Waals surface area contributed by atoms with Crippen molar-refractivity contribution in [1.29, 1.82) is 0 Å². The maximum atomic E-state index is 6.12. The smallest absolute Gasteiger partial charge is 0.201 e. The first kappa shape index (κ1) is 14.0. The first-order valence-electron chi connectivity index (χ1n) is 7.52. The molecule has 0 spiro atoms. The average molecular weight is 280 g/mol. The van der Waals surface area contributed by atoms with Gasteiger partial charge >= 0.3 is 0 Å². The van der Waals surface area contributed by atoms with Crippen molar-refractivity contribution in [3.63, 3.8) is 0 Å². The van der Waals surface area contributed by atoms with E-state index in [4.69, 9.17) is 14.2 Å². The monoisotopic (exact) mass is 280 g/mol. The number of hydrogen-bond donors (Lipinski definition) is 0. The highest BCUT2D eigenvalue weighted by Crippen LogP contribution is 2.37. The van der Waals surface area contributed by atoms with Crippen LogP contribution in [0.25, 0.3) is 0 Å². The second-order valence-electron chi connectivity index (χ2n) is 6.31. The Balaban J connectivity index is 1.79. The summed E-state index contributed by atoms with van der Waals surface area (Å²) < 4.78 is 19.7. The maximum Gasteiger partial charge on any atom is 0.201 e. The summed E-state index contributed by atoms with van der Waals surface area (Å²) in [6.07, 6.45) is 4.77. The molecule has 2 saturated heterocycles. The molecule has 112 valence electrons. The minimum atomic E-state index is -0.353. The molecule has 0 saturated carbocycles. The van der Waals surface area contributed by atoms with Gasteiger partial charge < -0.3 is 14.2 Å². The van der Waals surface area contributed by atoms with Crippen molar-refractivity contribution in [3.05, 3.63) is 18.0 Å². The van der Waals surface area contributed by atoms with Gasteiger partial charge in [-0.15, -0.1) is 0 Å². The molecule has 3 heterocycles. The van der Waals surface area contributed by atoms with E-state index < -0.39 is 0 Å². The van der Waals surface area contributed by atoms with E-state index in [0.717, 1.165) is 25.1 Å². The molecule has 1 aromatic rings. The molecule has 3 atom stereocenters. The fourth-order valence-corrected chi connectivity index (χ4v) is 2.67. The lowest BCUT2D eigenvalue weighted by Crippen LogP contribution is -2.43. The highest BCUT2D eigenvalue weighted by molar-refractivity contribution is 5.05. The molecule has 1 aromatic heterocycles. The number of rotatable bonds is 2. The Morgan fingerprint density at radius 3 is 2.85 bits per heavy atom. The zero-order valence-corrected chi connectivity index (χ0v) is 12.5. The van der Waals surface area contributed by atoms with Crippen molar-refractivity contribution in [1.82, 2.24) is 9.78 Å². The van der Waals surface area contributed by atoms with Gasteiger partial charge in [-0.3, -0.25) is 0 Å². The van der Waals surface area contributed by atoms with Crippen LogP contribution in [0.3, 0.4) is 0 Å². The molecule has 5 heteroatoms. The van der Waals surface area contributed by atoms with Crippen molar-refractivity contribution >= 4 is 0 Å². The van der Waals surface area contributed by atoms with E-state index in [-0.39, 0.29) is 18.1 Å². The fraction of sp³-hybridized carbons (Fsp3) is 0.800. The van der Waals surface area contributed by atoms with E-state index in [0.29, 0.717) is 12.5 Å². The quantitative estimate of drug-likeness (QED) is 0.835. The van der Waals surface area contributed by atoms with Crippen molar-refractivity contribution in [2.24, 2.45) is 5.92 Å². The average Bonchev–Trinajstić information content (AvgIpc) is 2.92. The third kappa shape index (κ3) is 2.62. The van der Waals surface area contributed by atoms with E-state index in [9.17, 15) is 0 Å². The Kier molecular flexibility index (Phi) is 3.84. The van der Waals surface area contributed by atoms with Crippen LogP contribution in [0.1, 0.15) is 58.2 Å². The normalized spacial score (nSPS) is 34.0. The van der Waals surface area contributed by atoms with Crippen LogP contribution < -0.4 is 0 Å². The van der Waals surface area contributed by atoms with Crippen LogP contribution in [0.5, 0.6) is 0 Å². The van der Waals surface area contributed by atoms with Crippen LogP contribution in [0.4, 0.5) is 0 Å². The largest absolute Gasteiger partial charge is 0.357 e. The summed E-state index contributed by atoms with van der Waals surface area (Å²) in [5.74, 6) is 0.376. The molecule has 20 heavy (non-hydrogen) atoms. The van der Waals surface area contributed by atoms with Crippen molar-refractivity contribution in [2.75, 3.05) is 13.2 Å². The summed E-state index contributed by atoms with van der Waals surface area (Å²) in [7, 11) is 0. The Hall–Kier alpha value is -0.910. The molecule has 3 rings (SSSR count). The van der Waals surface area contributed by atoms with Gasteiger partial charge in [-0.05, 0) is 39.2 Å². The van der Waals surface area contributed by atoms with E-state index in [1.807, 2.05) is 10.7 Å². The molecule has 3 unspecified atom stereocenters. The molecule has 2 aliphatic rings. The van der Waals surface area contributed by atoms with Gasteiger partial charge in [0.05, 0.1) is 17.9 Å². The summed E-state index contributed by atoms with van der Waals surface area (Å²) >= 11 is 0. The van der Waals surface area contributed by atoms with Gasteiger partial charge in [-0.2, -0.15) is 5.10 Å². The molecule has 0 bridgehead atoms. The molecule has 0 amide bonds.